The maximum atomic E-state index is 12.6. The van der Waals surface area contributed by atoms with Crippen LogP contribution in [0.5, 0.6) is 0 Å². The SMILES string of the molecule is Cc1cccc(C(=O)N2C[C@@H]3CN(Cc4cccnc4)C[C@H]3C2)n1. The summed E-state index contributed by atoms with van der Waals surface area (Å²) in [6.07, 6.45) is 3.75. The number of fused-ring (bicyclic) bond motifs is 1. The first kappa shape index (κ1) is 15.3. The molecule has 0 unspecified atom stereocenters. The summed E-state index contributed by atoms with van der Waals surface area (Å²) in [4.78, 5) is 25.7. The average molecular weight is 322 g/mol. The molecule has 5 nitrogen and oxygen atoms in total. The number of pyridine rings is 2. The average Bonchev–Trinajstić information content (AvgIpc) is 3.13. The summed E-state index contributed by atoms with van der Waals surface area (Å²) in [5, 5.41) is 0. The zero-order valence-corrected chi connectivity index (χ0v) is 13.9. The van der Waals surface area contributed by atoms with E-state index in [1.165, 1.54) is 5.56 Å². The molecule has 4 rings (SSSR count). The van der Waals surface area contributed by atoms with Crippen LogP contribution in [-0.4, -0.2) is 51.9 Å². The van der Waals surface area contributed by atoms with Gasteiger partial charge < -0.3 is 4.90 Å². The third kappa shape index (κ3) is 3.04. The van der Waals surface area contributed by atoms with Gasteiger partial charge in [-0.05, 0) is 42.5 Å². The van der Waals surface area contributed by atoms with Gasteiger partial charge in [0.1, 0.15) is 5.69 Å². The monoisotopic (exact) mass is 322 g/mol. The summed E-state index contributed by atoms with van der Waals surface area (Å²) in [5.74, 6) is 1.23. The van der Waals surface area contributed by atoms with E-state index in [1.807, 2.05) is 48.5 Å². The lowest BCUT2D eigenvalue weighted by atomic mass is 10.0. The van der Waals surface area contributed by atoms with E-state index in [-0.39, 0.29) is 5.91 Å². The predicted molar refractivity (Wildman–Crippen MR) is 91.4 cm³/mol. The minimum absolute atomic E-state index is 0.0758. The van der Waals surface area contributed by atoms with Gasteiger partial charge in [0.15, 0.2) is 0 Å². The normalized spacial score (nSPS) is 23.5. The number of aryl methyl sites for hydroxylation is 1. The Morgan fingerprint density at radius 1 is 1.12 bits per heavy atom. The molecule has 2 atom stereocenters. The van der Waals surface area contributed by atoms with Gasteiger partial charge in [-0.3, -0.25) is 14.7 Å². The molecule has 2 aliphatic rings. The van der Waals surface area contributed by atoms with E-state index in [1.54, 1.807) is 0 Å². The number of hydrogen-bond acceptors (Lipinski definition) is 4. The van der Waals surface area contributed by atoms with E-state index in [0.29, 0.717) is 17.5 Å². The molecule has 5 heteroatoms. The molecule has 2 saturated heterocycles. The van der Waals surface area contributed by atoms with Crippen LogP contribution in [0.2, 0.25) is 0 Å². The molecule has 0 aromatic carbocycles. The van der Waals surface area contributed by atoms with E-state index in [2.05, 4.69) is 20.9 Å². The second-order valence-corrected chi connectivity index (χ2v) is 6.95. The van der Waals surface area contributed by atoms with Crippen molar-refractivity contribution in [3.05, 3.63) is 59.7 Å². The Bertz CT molecular complexity index is 719. The standard InChI is InChI=1S/C19H22N4O/c1-14-4-2-6-18(21-14)19(24)23-12-16-10-22(11-17(16)13-23)9-15-5-3-7-20-8-15/h2-8,16-17H,9-13H2,1H3/t16-,17-/m0/s1. The molecular weight excluding hydrogens is 300 g/mol. The highest BCUT2D eigenvalue weighted by Crippen LogP contribution is 2.32. The molecule has 1 amide bonds. The number of carbonyl (C=O) groups excluding carboxylic acids is 1. The topological polar surface area (TPSA) is 49.3 Å². The van der Waals surface area contributed by atoms with Gasteiger partial charge in [-0.15, -0.1) is 0 Å². The minimum Gasteiger partial charge on any atom is -0.337 e. The van der Waals surface area contributed by atoms with Crippen LogP contribution in [0.3, 0.4) is 0 Å². The third-order valence-electron chi connectivity index (χ3n) is 5.09. The first-order valence-corrected chi connectivity index (χ1v) is 8.53. The third-order valence-corrected chi connectivity index (χ3v) is 5.09. The zero-order valence-electron chi connectivity index (χ0n) is 13.9. The van der Waals surface area contributed by atoms with Crippen molar-refractivity contribution in [2.75, 3.05) is 26.2 Å². The predicted octanol–water partition coefficient (Wildman–Crippen LogP) is 1.99. The van der Waals surface area contributed by atoms with Crippen molar-refractivity contribution in [2.45, 2.75) is 13.5 Å². The van der Waals surface area contributed by atoms with Crippen molar-refractivity contribution >= 4 is 5.91 Å². The molecule has 24 heavy (non-hydrogen) atoms. The number of likely N-dealkylation sites (tertiary alicyclic amines) is 2. The number of nitrogens with zero attached hydrogens (tertiary/aromatic N) is 4. The minimum atomic E-state index is 0.0758. The lowest BCUT2D eigenvalue weighted by Crippen LogP contribution is -2.33. The van der Waals surface area contributed by atoms with Gasteiger partial charge in [-0.1, -0.05) is 12.1 Å². The molecule has 124 valence electrons. The van der Waals surface area contributed by atoms with Gasteiger partial charge in [0, 0.05) is 50.8 Å². The maximum absolute atomic E-state index is 12.6. The number of hydrogen-bond donors (Lipinski definition) is 0. The van der Waals surface area contributed by atoms with Crippen LogP contribution < -0.4 is 0 Å². The molecule has 2 fully saturated rings. The molecule has 0 bridgehead atoms. The molecule has 0 N–H and O–H groups in total. The molecule has 2 aromatic rings. The smallest absolute Gasteiger partial charge is 0.272 e. The van der Waals surface area contributed by atoms with Crippen LogP contribution in [0.1, 0.15) is 21.7 Å². The fourth-order valence-electron chi connectivity index (χ4n) is 3.96. The zero-order chi connectivity index (χ0) is 16.5. The van der Waals surface area contributed by atoms with Crippen molar-refractivity contribution in [2.24, 2.45) is 11.8 Å². The highest BCUT2D eigenvalue weighted by atomic mass is 16.2. The van der Waals surface area contributed by atoms with Gasteiger partial charge in [-0.25, -0.2) is 4.98 Å². The lowest BCUT2D eigenvalue weighted by molar-refractivity contribution is 0.0767. The van der Waals surface area contributed by atoms with E-state index in [0.717, 1.165) is 38.4 Å². The Kier molecular flexibility index (Phi) is 4.02. The molecule has 0 spiro atoms. The van der Waals surface area contributed by atoms with Crippen LogP contribution in [-0.2, 0) is 6.54 Å². The van der Waals surface area contributed by atoms with E-state index in [9.17, 15) is 4.79 Å². The Morgan fingerprint density at radius 2 is 1.92 bits per heavy atom. The molecule has 4 heterocycles. The van der Waals surface area contributed by atoms with Crippen molar-refractivity contribution in [1.29, 1.82) is 0 Å². The van der Waals surface area contributed by atoms with Crippen molar-refractivity contribution in [3.8, 4) is 0 Å². The van der Waals surface area contributed by atoms with Gasteiger partial charge in [0.25, 0.3) is 5.91 Å². The van der Waals surface area contributed by atoms with Crippen LogP contribution in [0.4, 0.5) is 0 Å². The number of amides is 1. The lowest BCUT2D eigenvalue weighted by Gasteiger charge is -2.21. The summed E-state index contributed by atoms with van der Waals surface area (Å²) in [6.45, 7) is 6.69. The highest BCUT2D eigenvalue weighted by molar-refractivity contribution is 5.92. The van der Waals surface area contributed by atoms with Crippen molar-refractivity contribution < 1.29 is 4.79 Å². The largest absolute Gasteiger partial charge is 0.337 e. The summed E-state index contributed by atoms with van der Waals surface area (Å²) >= 11 is 0. The maximum Gasteiger partial charge on any atom is 0.272 e. The summed E-state index contributed by atoms with van der Waals surface area (Å²) in [5.41, 5.74) is 2.72. The Balaban J connectivity index is 1.37. The van der Waals surface area contributed by atoms with Crippen LogP contribution in [0, 0.1) is 18.8 Å². The van der Waals surface area contributed by atoms with E-state index in [4.69, 9.17) is 0 Å². The fourth-order valence-corrected chi connectivity index (χ4v) is 3.96. The Labute approximate surface area is 142 Å². The van der Waals surface area contributed by atoms with Gasteiger partial charge >= 0.3 is 0 Å². The molecule has 0 saturated carbocycles. The molecule has 2 aliphatic heterocycles. The van der Waals surface area contributed by atoms with Crippen LogP contribution >= 0.6 is 0 Å². The summed E-state index contributed by atoms with van der Waals surface area (Å²) in [7, 11) is 0. The number of carbonyl (C=O) groups is 1. The quantitative estimate of drug-likeness (QED) is 0.867. The van der Waals surface area contributed by atoms with Gasteiger partial charge in [-0.2, -0.15) is 0 Å². The van der Waals surface area contributed by atoms with E-state index < -0.39 is 0 Å². The molecular formula is C19H22N4O. The van der Waals surface area contributed by atoms with E-state index >= 15 is 0 Å². The van der Waals surface area contributed by atoms with Crippen molar-refractivity contribution in [3.63, 3.8) is 0 Å². The number of aromatic nitrogens is 2. The van der Waals surface area contributed by atoms with Gasteiger partial charge in [0.2, 0.25) is 0 Å². The van der Waals surface area contributed by atoms with Crippen LogP contribution in [0.25, 0.3) is 0 Å². The first-order valence-electron chi connectivity index (χ1n) is 8.53. The second-order valence-electron chi connectivity index (χ2n) is 6.95. The molecule has 0 radical (unpaired) electrons. The summed E-state index contributed by atoms with van der Waals surface area (Å²) < 4.78 is 0. The first-order chi connectivity index (χ1) is 11.7. The number of rotatable bonds is 3. The second kappa shape index (κ2) is 6.32. The molecule has 0 aliphatic carbocycles. The fraction of sp³-hybridized carbons (Fsp3) is 0.421. The Morgan fingerprint density at radius 3 is 2.58 bits per heavy atom. The summed E-state index contributed by atoms with van der Waals surface area (Å²) in [6, 6.07) is 9.76. The van der Waals surface area contributed by atoms with Crippen molar-refractivity contribution in [1.82, 2.24) is 19.8 Å². The van der Waals surface area contributed by atoms with Crippen LogP contribution in [0.15, 0.2) is 42.7 Å². The highest BCUT2D eigenvalue weighted by Gasteiger charge is 2.41. The Hall–Kier alpha value is -2.27. The molecule has 2 aromatic heterocycles. The van der Waals surface area contributed by atoms with Gasteiger partial charge in [0.05, 0.1) is 0 Å².